The van der Waals surface area contributed by atoms with E-state index in [4.69, 9.17) is 4.42 Å². The molecule has 1 aromatic heterocycles. The maximum Gasteiger partial charge on any atom is 0.230 e. The molecule has 1 atom stereocenters. The Kier molecular flexibility index (Phi) is 4.37. The summed E-state index contributed by atoms with van der Waals surface area (Å²) >= 11 is 0. The van der Waals surface area contributed by atoms with E-state index in [0.29, 0.717) is 11.3 Å². The summed E-state index contributed by atoms with van der Waals surface area (Å²) in [6.07, 6.45) is 1.47. The second-order valence-electron chi connectivity index (χ2n) is 6.07. The number of carbonyl (C=O) groups excluding carboxylic acids is 1. The van der Waals surface area contributed by atoms with Crippen LogP contribution in [0.4, 0.5) is 4.39 Å². The minimum atomic E-state index is -1.29. The van der Waals surface area contributed by atoms with Crippen molar-refractivity contribution in [2.24, 2.45) is 0 Å². The van der Waals surface area contributed by atoms with Crippen LogP contribution in [0.3, 0.4) is 0 Å². The van der Waals surface area contributed by atoms with Gasteiger partial charge in [0.1, 0.15) is 17.2 Å². The minimum Gasteiger partial charge on any atom is -0.466 e. The number of rotatable bonds is 5. The SMILES string of the molecule is CC(O)(CNC(=O)C(C)(C)c1ccc(F)cc1)c1ccco1. The molecule has 22 heavy (non-hydrogen) atoms. The van der Waals surface area contributed by atoms with Crippen LogP contribution in [0.15, 0.2) is 47.1 Å². The van der Waals surface area contributed by atoms with Gasteiger partial charge in [-0.3, -0.25) is 4.79 Å². The number of carbonyl (C=O) groups is 1. The Bertz CT molecular complexity index is 630. The van der Waals surface area contributed by atoms with Gasteiger partial charge >= 0.3 is 0 Å². The van der Waals surface area contributed by atoms with Crippen molar-refractivity contribution in [3.05, 3.63) is 59.8 Å². The van der Waals surface area contributed by atoms with Crippen LogP contribution in [-0.4, -0.2) is 17.6 Å². The van der Waals surface area contributed by atoms with Gasteiger partial charge in [0.05, 0.1) is 18.2 Å². The summed E-state index contributed by atoms with van der Waals surface area (Å²) in [6.45, 7) is 5.08. The molecule has 0 radical (unpaired) electrons. The quantitative estimate of drug-likeness (QED) is 0.893. The van der Waals surface area contributed by atoms with E-state index in [2.05, 4.69) is 5.32 Å². The van der Waals surface area contributed by atoms with E-state index in [9.17, 15) is 14.3 Å². The molecule has 2 aromatic rings. The molecular formula is C17H20FNO3. The summed E-state index contributed by atoms with van der Waals surface area (Å²) in [5.41, 5.74) is -1.44. The van der Waals surface area contributed by atoms with Gasteiger partial charge < -0.3 is 14.8 Å². The number of hydrogen-bond donors (Lipinski definition) is 2. The molecule has 2 N–H and O–H groups in total. The predicted octanol–water partition coefficient (Wildman–Crippen LogP) is 2.72. The van der Waals surface area contributed by atoms with Gasteiger partial charge in [0.15, 0.2) is 0 Å². The Labute approximate surface area is 129 Å². The van der Waals surface area contributed by atoms with Gasteiger partial charge in [0, 0.05) is 0 Å². The highest BCUT2D eigenvalue weighted by atomic mass is 19.1. The summed E-state index contributed by atoms with van der Waals surface area (Å²) in [6, 6.07) is 9.14. The molecule has 0 aliphatic carbocycles. The van der Waals surface area contributed by atoms with Crippen LogP contribution >= 0.6 is 0 Å². The van der Waals surface area contributed by atoms with Crippen LogP contribution in [0.1, 0.15) is 32.1 Å². The van der Waals surface area contributed by atoms with Crippen molar-refractivity contribution in [3.63, 3.8) is 0 Å². The van der Waals surface area contributed by atoms with E-state index in [0.717, 1.165) is 0 Å². The van der Waals surface area contributed by atoms with E-state index in [-0.39, 0.29) is 18.3 Å². The number of nitrogens with one attached hydrogen (secondary N) is 1. The molecule has 0 saturated carbocycles. The Morgan fingerprint density at radius 2 is 1.86 bits per heavy atom. The van der Waals surface area contributed by atoms with Gasteiger partial charge in [-0.05, 0) is 50.6 Å². The first-order valence-corrected chi connectivity index (χ1v) is 7.04. The smallest absolute Gasteiger partial charge is 0.230 e. The van der Waals surface area contributed by atoms with Gasteiger partial charge in [0.25, 0.3) is 0 Å². The zero-order valence-corrected chi connectivity index (χ0v) is 12.9. The van der Waals surface area contributed by atoms with Crippen molar-refractivity contribution >= 4 is 5.91 Å². The predicted molar refractivity (Wildman–Crippen MR) is 80.7 cm³/mol. The topological polar surface area (TPSA) is 62.5 Å². The summed E-state index contributed by atoms with van der Waals surface area (Å²) < 4.78 is 18.2. The molecule has 0 saturated heterocycles. The van der Waals surface area contributed by atoms with Gasteiger partial charge in [-0.1, -0.05) is 12.1 Å². The number of amides is 1. The summed E-state index contributed by atoms with van der Waals surface area (Å²) in [7, 11) is 0. The lowest BCUT2D eigenvalue weighted by Crippen LogP contribution is -2.45. The average Bonchev–Trinajstić information content (AvgIpc) is 3.00. The van der Waals surface area contributed by atoms with Crippen LogP contribution in [0.25, 0.3) is 0 Å². The summed E-state index contributed by atoms with van der Waals surface area (Å²) in [4.78, 5) is 12.4. The highest BCUT2D eigenvalue weighted by molar-refractivity contribution is 5.87. The summed E-state index contributed by atoms with van der Waals surface area (Å²) in [5, 5.41) is 13.1. The molecule has 1 amide bonds. The average molecular weight is 305 g/mol. The van der Waals surface area contributed by atoms with Gasteiger partial charge in [-0.2, -0.15) is 0 Å². The second-order valence-corrected chi connectivity index (χ2v) is 6.07. The van der Waals surface area contributed by atoms with Crippen LogP contribution in [0.2, 0.25) is 0 Å². The van der Waals surface area contributed by atoms with Crippen molar-refractivity contribution < 1.29 is 18.7 Å². The fourth-order valence-electron chi connectivity index (χ4n) is 2.14. The van der Waals surface area contributed by atoms with Crippen LogP contribution < -0.4 is 5.32 Å². The van der Waals surface area contributed by atoms with Crippen molar-refractivity contribution in [2.45, 2.75) is 31.8 Å². The number of aliphatic hydroxyl groups is 1. The van der Waals surface area contributed by atoms with Gasteiger partial charge in [0.2, 0.25) is 5.91 Å². The van der Waals surface area contributed by atoms with Crippen molar-refractivity contribution in [1.29, 1.82) is 0 Å². The number of benzene rings is 1. The summed E-state index contributed by atoms with van der Waals surface area (Å²) in [5.74, 6) is -0.223. The Morgan fingerprint density at radius 3 is 2.41 bits per heavy atom. The molecule has 0 aliphatic heterocycles. The molecular weight excluding hydrogens is 285 g/mol. The lowest BCUT2D eigenvalue weighted by atomic mass is 9.83. The molecule has 0 spiro atoms. The molecule has 118 valence electrons. The fraction of sp³-hybridized carbons (Fsp3) is 0.353. The largest absolute Gasteiger partial charge is 0.466 e. The minimum absolute atomic E-state index is 0.0178. The Balaban J connectivity index is 2.06. The van der Waals surface area contributed by atoms with Crippen LogP contribution in [0, 0.1) is 5.82 Å². The van der Waals surface area contributed by atoms with E-state index >= 15 is 0 Å². The lowest BCUT2D eigenvalue weighted by molar-refractivity contribution is -0.127. The van der Waals surface area contributed by atoms with Crippen LogP contribution in [0.5, 0.6) is 0 Å². The lowest BCUT2D eigenvalue weighted by Gasteiger charge is -2.27. The third-order valence-corrected chi connectivity index (χ3v) is 3.78. The zero-order chi connectivity index (χ0) is 16.4. The van der Waals surface area contributed by atoms with Crippen molar-refractivity contribution in [3.8, 4) is 0 Å². The zero-order valence-electron chi connectivity index (χ0n) is 12.9. The molecule has 0 bridgehead atoms. The first-order valence-electron chi connectivity index (χ1n) is 7.04. The standard InChI is InChI=1S/C17H20FNO3/c1-16(2,12-6-8-13(18)9-7-12)15(20)19-11-17(3,21)14-5-4-10-22-14/h4-10,21H,11H2,1-3H3,(H,19,20). The van der Waals surface area contributed by atoms with Gasteiger partial charge in [-0.25, -0.2) is 4.39 Å². The maximum atomic E-state index is 13.0. The number of furan rings is 1. The maximum absolute atomic E-state index is 13.0. The van der Waals surface area contributed by atoms with Crippen LogP contribution in [-0.2, 0) is 15.8 Å². The number of halogens is 1. The third kappa shape index (κ3) is 3.36. The second kappa shape index (κ2) is 5.93. The normalized spacial score (nSPS) is 14.4. The molecule has 1 aromatic carbocycles. The molecule has 2 rings (SSSR count). The fourth-order valence-corrected chi connectivity index (χ4v) is 2.14. The van der Waals surface area contributed by atoms with Gasteiger partial charge in [-0.15, -0.1) is 0 Å². The molecule has 5 heteroatoms. The highest BCUT2D eigenvalue weighted by Crippen LogP contribution is 2.25. The molecule has 1 unspecified atom stereocenters. The van der Waals surface area contributed by atoms with E-state index in [1.54, 1.807) is 45.0 Å². The van der Waals surface area contributed by atoms with E-state index in [1.807, 2.05) is 0 Å². The Hall–Kier alpha value is -2.14. The van der Waals surface area contributed by atoms with Crippen molar-refractivity contribution in [2.75, 3.05) is 6.54 Å². The van der Waals surface area contributed by atoms with E-state index in [1.165, 1.54) is 18.4 Å². The molecule has 1 heterocycles. The molecule has 4 nitrogen and oxygen atoms in total. The highest BCUT2D eigenvalue weighted by Gasteiger charge is 2.33. The number of hydrogen-bond acceptors (Lipinski definition) is 3. The van der Waals surface area contributed by atoms with E-state index < -0.39 is 11.0 Å². The Morgan fingerprint density at radius 1 is 1.23 bits per heavy atom. The first kappa shape index (κ1) is 16.2. The van der Waals surface area contributed by atoms with Crippen molar-refractivity contribution in [1.82, 2.24) is 5.32 Å². The monoisotopic (exact) mass is 305 g/mol. The molecule has 0 fully saturated rings. The first-order chi connectivity index (χ1) is 10.2. The third-order valence-electron chi connectivity index (χ3n) is 3.78. The molecule has 0 aliphatic rings.